The van der Waals surface area contributed by atoms with Crippen molar-refractivity contribution in [2.24, 2.45) is 11.8 Å². The molecule has 178 valence electrons. The number of carbonyl (C=O) groups excluding carboxylic acids is 1. The van der Waals surface area contributed by atoms with Gasteiger partial charge < -0.3 is 9.64 Å². The molecule has 1 aliphatic heterocycles. The van der Waals surface area contributed by atoms with Gasteiger partial charge in [0, 0.05) is 25.4 Å². The highest BCUT2D eigenvalue weighted by Crippen LogP contribution is 2.40. The summed E-state index contributed by atoms with van der Waals surface area (Å²) in [6.07, 6.45) is 4.36. The summed E-state index contributed by atoms with van der Waals surface area (Å²) >= 11 is 0. The lowest BCUT2D eigenvalue weighted by Gasteiger charge is -2.37. The lowest BCUT2D eigenvalue weighted by atomic mass is 9.77. The van der Waals surface area contributed by atoms with Crippen LogP contribution in [0.2, 0.25) is 0 Å². The van der Waals surface area contributed by atoms with Crippen LogP contribution >= 0.6 is 0 Å². The third kappa shape index (κ3) is 5.94. The van der Waals surface area contributed by atoms with Gasteiger partial charge >= 0.3 is 6.18 Å². The lowest BCUT2D eigenvalue weighted by molar-refractivity contribution is -0.137. The topological polar surface area (TPSA) is 42.4 Å². The number of ether oxygens (including phenoxy) is 1. The summed E-state index contributed by atoms with van der Waals surface area (Å²) in [7, 11) is 0. The minimum Gasteiger partial charge on any atom is -0.377 e. The van der Waals surface area contributed by atoms with Gasteiger partial charge in [0.05, 0.1) is 17.7 Å². The zero-order valence-corrected chi connectivity index (χ0v) is 18.8. The van der Waals surface area contributed by atoms with Crippen molar-refractivity contribution < 1.29 is 22.7 Å². The average molecular weight is 461 g/mol. The zero-order valence-electron chi connectivity index (χ0n) is 18.8. The molecule has 2 aromatic rings. The minimum atomic E-state index is -4.50. The molecule has 33 heavy (non-hydrogen) atoms. The van der Waals surface area contributed by atoms with Crippen LogP contribution in [0, 0.1) is 11.8 Å². The molecule has 0 amide bonds. The van der Waals surface area contributed by atoms with Crippen molar-refractivity contribution in [3.63, 3.8) is 0 Å². The molecular formula is C26H31F3N2O2. The molecule has 0 unspecified atom stereocenters. The molecule has 2 heterocycles. The predicted octanol–water partition coefficient (Wildman–Crippen LogP) is 6.30. The van der Waals surface area contributed by atoms with E-state index in [-0.39, 0.29) is 11.6 Å². The second kappa shape index (κ2) is 10.7. The van der Waals surface area contributed by atoms with Crippen LogP contribution in [0.5, 0.6) is 0 Å². The molecule has 1 aromatic heterocycles. The van der Waals surface area contributed by atoms with Crippen LogP contribution in [0.4, 0.5) is 19.0 Å². The second-order valence-corrected chi connectivity index (χ2v) is 9.26. The van der Waals surface area contributed by atoms with Gasteiger partial charge in [-0.1, -0.05) is 43.2 Å². The Labute approximate surface area is 193 Å². The van der Waals surface area contributed by atoms with E-state index in [2.05, 4.69) is 22.0 Å². The number of hydrogen-bond donors (Lipinski definition) is 0. The van der Waals surface area contributed by atoms with Crippen molar-refractivity contribution in [1.82, 2.24) is 4.98 Å². The number of aromatic nitrogens is 1. The molecule has 7 heteroatoms. The minimum absolute atomic E-state index is 0.0287. The summed E-state index contributed by atoms with van der Waals surface area (Å²) in [5.74, 6) is 1.54. The number of carbonyl (C=O) groups is 1. The van der Waals surface area contributed by atoms with Crippen molar-refractivity contribution in [3.05, 3.63) is 59.3 Å². The lowest BCUT2D eigenvalue weighted by Crippen LogP contribution is -2.38. The molecule has 0 N–H and O–H groups in total. The van der Waals surface area contributed by atoms with Crippen LogP contribution in [0.15, 0.2) is 42.6 Å². The Morgan fingerprint density at radius 3 is 2.55 bits per heavy atom. The van der Waals surface area contributed by atoms with Gasteiger partial charge in [0.2, 0.25) is 0 Å². The SMILES string of the molecule is O=Cc1cc(C(F)(F)F)cnc1N1CCC[C@@H]1C1CCC(CCOCc2ccccc2)CC1. The number of hydrogen-bond acceptors (Lipinski definition) is 4. The molecular weight excluding hydrogens is 429 g/mol. The van der Waals surface area contributed by atoms with Crippen molar-refractivity contribution in [3.8, 4) is 0 Å². The number of nitrogens with zero attached hydrogens (tertiary/aromatic N) is 2. The summed E-state index contributed by atoms with van der Waals surface area (Å²) in [6, 6.07) is 11.3. The maximum absolute atomic E-state index is 13.0. The molecule has 0 bridgehead atoms. The molecule has 4 nitrogen and oxygen atoms in total. The van der Waals surface area contributed by atoms with Crippen LogP contribution < -0.4 is 4.90 Å². The van der Waals surface area contributed by atoms with E-state index in [1.54, 1.807) is 0 Å². The standard InChI is InChI=1S/C26H31F3N2O2/c27-26(28,29)23-15-22(17-32)25(30-16-23)31-13-4-7-24(31)21-10-8-19(9-11-21)12-14-33-18-20-5-2-1-3-6-20/h1-3,5-6,15-17,19,21,24H,4,7-14,18H2/t19?,21?,24-/m1/s1. The van der Waals surface area contributed by atoms with Crippen molar-refractivity contribution in [1.29, 1.82) is 0 Å². The van der Waals surface area contributed by atoms with Crippen LogP contribution in [0.1, 0.15) is 66.4 Å². The summed E-state index contributed by atoms with van der Waals surface area (Å²) in [5.41, 5.74) is 0.342. The van der Waals surface area contributed by atoms with Gasteiger partial charge in [-0.25, -0.2) is 4.98 Å². The Morgan fingerprint density at radius 1 is 1.09 bits per heavy atom. The average Bonchev–Trinajstić information content (AvgIpc) is 3.31. The highest BCUT2D eigenvalue weighted by Gasteiger charge is 2.37. The van der Waals surface area contributed by atoms with Gasteiger partial charge in [-0.15, -0.1) is 0 Å². The molecule has 1 saturated heterocycles. The van der Waals surface area contributed by atoms with Gasteiger partial charge in [-0.2, -0.15) is 13.2 Å². The monoisotopic (exact) mass is 460 g/mol. The maximum Gasteiger partial charge on any atom is 0.417 e. The molecule has 2 fully saturated rings. The molecule has 2 aliphatic rings. The van der Waals surface area contributed by atoms with Crippen molar-refractivity contribution in [2.45, 2.75) is 63.8 Å². The molecule has 0 radical (unpaired) electrons. The first-order valence-corrected chi connectivity index (χ1v) is 11.9. The van der Waals surface area contributed by atoms with Crippen molar-refractivity contribution >= 4 is 12.1 Å². The first-order valence-electron chi connectivity index (χ1n) is 11.9. The number of alkyl halides is 3. The van der Waals surface area contributed by atoms with E-state index in [1.165, 1.54) is 5.56 Å². The molecule has 1 aliphatic carbocycles. The Bertz CT molecular complexity index is 911. The zero-order chi connectivity index (χ0) is 23.3. The number of pyridine rings is 1. The summed E-state index contributed by atoms with van der Waals surface area (Å²) in [4.78, 5) is 17.7. The van der Waals surface area contributed by atoms with E-state index < -0.39 is 11.7 Å². The fourth-order valence-corrected chi connectivity index (χ4v) is 5.38. The van der Waals surface area contributed by atoms with Gasteiger partial charge in [0.25, 0.3) is 0 Å². The summed E-state index contributed by atoms with van der Waals surface area (Å²) in [6.45, 7) is 2.14. The first-order chi connectivity index (χ1) is 16.0. The second-order valence-electron chi connectivity index (χ2n) is 9.26. The maximum atomic E-state index is 13.0. The Morgan fingerprint density at radius 2 is 1.85 bits per heavy atom. The van der Waals surface area contributed by atoms with E-state index in [1.807, 2.05) is 18.2 Å². The van der Waals surface area contributed by atoms with E-state index in [0.29, 0.717) is 30.5 Å². The van der Waals surface area contributed by atoms with E-state index in [4.69, 9.17) is 4.74 Å². The van der Waals surface area contributed by atoms with Crippen LogP contribution in [-0.2, 0) is 17.5 Å². The number of aldehydes is 1. The summed E-state index contributed by atoms with van der Waals surface area (Å²) < 4.78 is 45.0. The Kier molecular flexibility index (Phi) is 7.68. The van der Waals surface area contributed by atoms with E-state index in [9.17, 15) is 18.0 Å². The smallest absolute Gasteiger partial charge is 0.377 e. The first kappa shape index (κ1) is 23.7. The number of anilines is 1. The van der Waals surface area contributed by atoms with Gasteiger partial charge in [0.15, 0.2) is 6.29 Å². The normalized spacial score (nSPS) is 23.6. The van der Waals surface area contributed by atoms with Gasteiger partial charge in [-0.3, -0.25) is 4.79 Å². The molecule has 1 saturated carbocycles. The van der Waals surface area contributed by atoms with Crippen molar-refractivity contribution in [2.75, 3.05) is 18.1 Å². The molecule has 0 spiro atoms. The predicted molar refractivity (Wildman–Crippen MR) is 121 cm³/mol. The van der Waals surface area contributed by atoms with Crippen LogP contribution in [0.3, 0.4) is 0 Å². The van der Waals surface area contributed by atoms with Crippen LogP contribution in [-0.4, -0.2) is 30.5 Å². The Balaban J connectivity index is 1.30. The number of rotatable bonds is 8. The van der Waals surface area contributed by atoms with Gasteiger partial charge in [-0.05, 0) is 55.6 Å². The Hall–Kier alpha value is -2.41. The molecule has 1 aromatic carbocycles. The number of halogens is 3. The van der Waals surface area contributed by atoms with Crippen LogP contribution in [0.25, 0.3) is 0 Å². The summed E-state index contributed by atoms with van der Waals surface area (Å²) in [5, 5.41) is 0. The highest BCUT2D eigenvalue weighted by molar-refractivity contribution is 5.83. The van der Waals surface area contributed by atoms with E-state index >= 15 is 0 Å². The molecule has 1 atom stereocenters. The third-order valence-electron chi connectivity index (χ3n) is 7.14. The number of benzene rings is 1. The quantitative estimate of drug-likeness (QED) is 0.343. The largest absolute Gasteiger partial charge is 0.417 e. The fraction of sp³-hybridized carbons (Fsp3) is 0.538. The van der Waals surface area contributed by atoms with E-state index in [0.717, 1.165) is 70.4 Å². The fourth-order valence-electron chi connectivity index (χ4n) is 5.38. The highest BCUT2D eigenvalue weighted by atomic mass is 19.4. The van der Waals surface area contributed by atoms with Gasteiger partial charge in [0.1, 0.15) is 5.82 Å². The molecule has 4 rings (SSSR count). The third-order valence-corrected chi connectivity index (χ3v) is 7.14.